The molecule has 0 radical (unpaired) electrons. The van der Waals surface area contributed by atoms with Crippen molar-refractivity contribution in [1.29, 1.82) is 0 Å². The quantitative estimate of drug-likeness (QED) is 0.0913. The second-order valence-corrected chi connectivity index (χ2v) is 19.3. The van der Waals surface area contributed by atoms with E-state index in [0.29, 0.717) is 80.5 Å². The number of H-pyrrole nitrogens is 1. The maximum atomic E-state index is 14.4. The number of hydrogen-bond donors (Lipinski definition) is 3. The summed E-state index contributed by atoms with van der Waals surface area (Å²) in [6, 6.07) is 24.9. The van der Waals surface area contributed by atoms with Gasteiger partial charge in [-0.15, -0.1) is 0 Å². The van der Waals surface area contributed by atoms with Crippen molar-refractivity contribution in [2.45, 2.75) is 73.8 Å². The number of fused-ring (bicyclic) bond motifs is 1. The van der Waals surface area contributed by atoms with E-state index in [4.69, 9.17) is 0 Å². The highest BCUT2D eigenvalue weighted by Gasteiger charge is 2.29. The van der Waals surface area contributed by atoms with Crippen LogP contribution in [0.1, 0.15) is 97.6 Å². The minimum absolute atomic E-state index is 0.00390. The fraction of sp³-hybridized carbons (Fsp3) is 0.433. The van der Waals surface area contributed by atoms with E-state index < -0.39 is 11.7 Å². The van der Waals surface area contributed by atoms with Gasteiger partial charge < -0.3 is 39.7 Å². The number of carbonyl (C=O) groups is 4. The maximum Gasteiger partial charge on any atom is 0.274 e. The van der Waals surface area contributed by atoms with Crippen LogP contribution in [0.3, 0.4) is 0 Å². The zero-order chi connectivity index (χ0) is 56.1. The summed E-state index contributed by atoms with van der Waals surface area (Å²) in [4.78, 5) is 88.9. The van der Waals surface area contributed by atoms with Crippen molar-refractivity contribution in [3.63, 3.8) is 0 Å². The van der Waals surface area contributed by atoms with E-state index in [1.165, 1.54) is 28.3 Å². The van der Waals surface area contributed by atoms with Crippen LogP contribution in [0, 0.1) is 11.7 Å². The fourth-order valence-corrected chi connectivity index (χ4v) is 9.80. The number of carbonyl (C=O) groups excluding carboxylic acids is 4. The molecule has 4 amide bonds. The SMILES string of the molecule is CC.CC.CCc1cccc(-c2cnc(C(=O)N3CCC(CN4CCN(CC)CC4)CC3)c(NC(=O)CNCc3ccc(=O)n(C)c3)c2)c1.O=CN1CCN(C(=O)c2cc(Cc3n[nH]c(=O)c4ccccc34)ccc2F)CC1. The highest BCUT2D eigenvalue weighted by molar-refractivity contribution is 6.03. The topological polar surface area (TPSA) is 189 Å². The van der Waals surface area contributed by atoms with Gasteiger partial charge in [0.2, 0.25) is 17.9 Å². The zero-order valence-electron chi connectivity index (χ0n) is 46.5. The van der Waals surface area contributed by atoms with E-state index in [9.17, 15) is 33.2 Å². The molecule has 3 aromatic carbocycles. The predicted octanol–water partition coefficient (Wildman–Crippen LogP) is 6.85. The maximum absolute atomic E-state index is 14.4. The van der Waals surface area contributed by atoms with Crippen molar-refractivity contribution >= 4 is 40.6 Å². The molecule has 3 aromatic heterocycles. The Kier molecular flexibility index (Phi) is 23.0. The Morgan fingerprint density at radius 1 is 0.731 bits per heavy atom. The van der Waals surface area contributed by atoms with Gasteiger partial charge in [0.1, 0.15) is 5.82 Å². The van der Waals surface area contributed by atoms with Crippen LogP contribution in [-0.4, -0.2) is 153 Å². The van der Waals surface area contributed by atoms with Crippen molar-refractivity contribution < 1.29 is 23.6 Å². The van der Waals surface area contributed by atoms with Gasteiger partial charge in [0, 0.05) is 121 Å². The Labute approximate surface area is 457 Å². The number of nitrogens with zero attached hydrogens (tertiary/aromatic N) is 8. The van der Waals surface area contributed by atoms with Crippen molar-refractivity contribution in [2.75, 3.05) is 90.4 Å². The number of nitrogens with one attached hydrogen (secondary N) is 3. The highest BCUT2D eigenvalue weighted by atomic mass is 19.1. The third kappa shape index (κ3) is 16.1. The molecule has 78 heavy (non-hydrogen) atoms. The molecule has 0 saturated carbocycles. The molecule has 416 valence electrons. The lowest BCUT2D eigenvalue weighted by Crippen LogP contribution is -2.49. The number of benzene rings is 3. The Morgan fingerprint density at radius 3 is 2.09 bits per heavy atom. The van der Waals surface area contributed by atoms with Crippen LogP contribution < -0.4 is 21.8 Å². The molecule has 18 heteroatoms. The number of halogens is 1. The number of pyridine rings is 2. The van der Waals surface area contributed by atoms with Crippen LogP contribution in [0.4, 0.5) is 10.1 Å². The standard InChI is InChI=1S/C35H47N7O3.C21H19FN4O3.2C2H6/c1-4-26-7-6-8-29(19-26)30-20-31(38-32(43)23-36-21-28-9-10-33(44)39(3)24-28)34(37-22-30)35(45)42-13-11-27(12-14-42)25-41-17-15-40(5-2)16-18-41;22-18-6-5-14(11-17(18)21(29)26-9-7-25(13-27)8-10-26)12-19-15-3-1-2-4-16(15)20(28)24-23-19;2*1-2/h6-10,19-20,22,24,27,36H,4-5,11-18,21,23,25H2,1-3H3,(H,38,43);1-6,11,13H,7-10,12H2,(H,24,28);2*1-2H3. The number of piperazine rings is 2. The van der Waals surface area contributed by atoms with Gasteiger partial charge in [-0.25, -0.2) is 14.5 Å². The van der Waals surface area contributed by atoms with Crippen LogP contribution in [0.15, 0.2) is 107 Å². The van der Waals surface area contributed by atoms with E-state index >= 15 is 0 Å². The summed E-state index contributed by atoms with van der Waals surface area (Å²) in [6.07, 6.45) is 7.43. The molecule has 0 spiro atoms. The number of aromatic nitrogens is 4. The Hall–Kier alpha value is -7.41. The summed E-state index contributed by atoms with van der Waals surface area (Å²) in [5, 5.41) is 14.0. The van der Waals surface area contributed by atoms with Gasteiger partial charge in [-0.2, -0.15) is 5.10 Å². The molecule has 3 N–H and O–H groups in total. The molecule has 0 aliphatic carbocycles. The molecule has 3 fully saturated rings. The number of hydrogen-bond acceptors (Lipinski definition) is 11. The lowest BCUT2D eigenvalue weighted by atomic mass is 9.95. The first-order chi connectivity index (χ1) is 37.9. The zero-order valence-corrected chi connectivity index (χ0v) is 46.5. The largest absolute Gasteiger partial charge is 0.342 e. The highest BCUT2D eigenvalue weighted by Crippen LogP contribution is 2.28. The average Bonchev–Trinajstić information content (AvgIpc) is 3.51. The third-order valence-corrected chi connectivity index (χ3v) is 14.3. The smallest absolute Gasteiger partial charge is 0.274 e. The summed E-state index contributed by atoms with van der Waals surface area (Å²) in [7, 11) is 1.70. The Bertz CT molecular complexity index is 3070. The number of aryl methyl sites for hydroxylation is 2. The van der Waals surface area contributed by atoms with Crippen molar-refractivity contribution in [3.05, 3.63) is 157 Å². The van der Waals surface area contributed by atoms with Gasteiger partial charge in [0.05, 0.1) is 28.9 Å². The summed E-state index contributed by atoms with van der Waals surface area (Å²) in [5.74, 6) is -0.810. The van der Waals surface area contributed by atoms with Crippen LogP contribution >= 0.6 is 0 Å². The molecular formula is C60H78FN11O6. The number of likely N-dealkylation sites (N-methyl/N-ethyl adjacent to an activating group) is 1. The van der Waals surface area contributed by atoms with Gasteiger partial charge in [-0.05, 0) is 78.2 Å². The monoisotopic (exact) mass is 1070 g/mol. The molecule has 6 heterocycles. The van der Waals surface area contributed by atoms with Crippen LogP contribution in [0.2, 0.25) is 0 Å². The fourth-order valence-electron chi connectivity index (χ4n) is 9.80. The predicted molar refractivity (Wildman–Crippen MR) is 306 cm³/mol. The molecule has 9 rings (SSSR count). The van der Waals surface area contributed by atoms with Gasteiger partial charge in [-0.1, -0.05) is 96.1 Å². The van der Waals surface area contributed by atoms with Crippen molar-refractivity contribution in [3.8, 4) is 11.1 Å². The number of piperidine rings is 1. The lowest BCUT2D eigenvalue weighted by Gasteiger charge is -2.38. The van der Waals surface area contributed by atoms with E-state index in [1.54, 1.807) is 53.5 Å². The van der Waals surface area contributed by atoms with Gasteiger partial charge in [0.15, 0.2) is 5.69 Å². The summed E-state index contributed by atoms with van der Waals surface area (Å²) < 4.78 is 15.9. The normalized spacial score (nSPS) is 15.0. The molecule has 0 atom stereocenters. The van der Waals surface area contributed by atoms with Crippen molar-refractivity contribution in [2.24, 2.45) is 13.0 Å². The molecular weight excluding hydrogens is 990 g/mol. The van der Waals surface area contributed by atoms with Crippen molar-refractivity contribution in [1.82, 2.24) is 49.6 Å². The third-order valence-electron chi connectivity index (χ3n) is 14.3. The summed E-state index contributed by atoms with van der Waals surface area (Å²) >= 11 is 0. The second kappa shape index (κ2) is 29.9. The van der Waals surface area contributed by atoms with Crippen LogP contribution in [0.5, 0.6) is 0 Å². The number of anilines is 1. The minimum Gasteiger partial charge on any atom is -0.342 e. The van der Waals surface area contributed by atoms with E-state index in [-0.39, 0.29) is 40.7 Å². The first-order valence-electron chi connectivity index (χ1n) is 27.6. The lowest BCUT2D eigenvalue weighted by molar-refractivity contribution is -0.119. The molecule has 0 bridgehead atoms. The number of amides is 4. The second-order valence-electron chi connectivity index (χ2n) is 19.3. The summed E-state index contributed by atoms with van der Waals surface area (Å²) in [6.45, 7) is 22.5. The molecule has 3 aliphatic rings. The Balaban J connectivity index is 0.000000257. The molecule has 6 aromatic rings. The van der Waals surface area contributed by atoms with Crippen LogP contribution in [-0.2, 0) is 36.0 Å². The summed E-state index contributed by atoms with van der Waals surface area (Å²) in [5.41, 5.74) is 5.63. The number of aromatic amines is 1. The van der Waals surface area contributed by atoms with Crippen LogP contribution in [0.25, 0.3) is 21.9 Å². The molecule has 17 nitrogen and oxygen atoms in total. The van der Waals surface area contributed by atoms with Gasteiger partial charge in [0.25, 0.3) is 17.4 Å². The minimum atomic E-state index is -0.587. The molecule has 3 aliphatic heterocycles. The molecule has 0 unspecified atom stereocenters. The Morgan fingerprint density at radius 2 is 1.41 bits per heavy atom. The van der Waals surface area contributed by atoms with E-state index in [1.807, 2.05) is 62.9 Å². The van der Waals surface area contributed by atoms with Gasteiger partial charge >= 0.3 is 0 Å². The number of likely N-dealkylation sites (tertiary alicyclic amines) is 1. The van der Waals surface area contributed by atoms with E-state index in [2.05, 4.69) is 61.6 Å². The van der Waals surface area contributed by atoms with E-state index in [0.717, 1.165) is 87.0 Å². The average molecular weight is 1070 g/mol. The molecule has 3 saturated heterocycles. The first kappa shape index (κ1) is 59.8. The number of rotatable bonds is 15. The van der Waals surface area contributed by atoms with Gasteiger partial charge in [-0.3, -0.25) is 28.8 Å². The first-order valence-corrected chi connectivity index (χ1v) is 27.6.